The summed E-state index contributed by atoms with van der Waals surface area (Å²) in [7, 11) is 1.46. The van der Waals surface area contributed by atoms with Gasteiger partial charge in [0.15, 0.2) is 0 Å². The number of carbonyl (C=O) groups excluding carboxylic acids is 3. The van der Waals surface area contributed by atoms with Gasteiger partial charge in [-0.2, -0.15) is 0 Å². The Morgan fingerprint density at radius 1 is 1.00 bits per heavy atom. The molecule has 34 heavy (non-hydrogen) atoms. The molecule has 2 aromatic rings. The highest BCUT2D eigenvalue weighted by Gasteiger charge is 2.24. The monoisotopic (exact) mass is 463 g/mol. The number of benzene rings is 2. The topological polar surface area (TPSA) is 96.5 Å². The van der Waals surface area contributed by atoms with Gasteiger partial charge in [-0.3, -0.25) is 14.4 Å². The van der Waals surface area contributed by atoms with Crippen molar-refractivity contribution in [1.82, 2.24) is 16.0 Å². The maximum absolute atomic E-state index is 12.7. The third-order valence-corrected chi connectivity index (χ3v) is 5.83. The lowest BCUT2D eigenvalue weighted by Crippen LogP contribution is -2.54. The van der Waals surface area contributed by atoms with Crippen molar-refractivity contribution >= 4 is 23.8 Å². The number of ether oxygens (including phenoxy) is 1. The third kappa shape index (κ3) is 7.28. The van der Waals surface area contributed by atoms with E-state index in [1.807, 2.05) is 42.5 Å². The molecule has 2 aromatic carbocycles. The van der Waals surface area contributed by atoms with E-state index in [4.69, 9.17) is 4.74 Å². The molecule has 0 bridgehead atoms. The largest absolute Gasteiger partial charge is 0.382 e. The van der Waals surface area contributed by atoms with Crippen LogP contribution < -0.4 is 16.0 Å². The number of carbonyl (C=O) groups is 3. The van der Waals surface area contributed by atoms with Crippen LogP contribution in [0.25, 0.3) is 6.08 Å². The molecule has 0 fully saturated rings. The minimum Gasteiger partial charge on any atom is -0.382 e. The zero-order valence-corrected chi connectivity index (χ0v) is 19.8. The normalized spacial score (nSPS) is 13.9. The molecule has 1 unspecified atom stereocenters. The number of allylic oxidation sites excluding steroid dienone is 1. The average Bonchev–Trinajstić information content (AvgIpc) is 2.86. The lowest BCUT2D eigenvalue weighted by Gasteiger charge is -2.21. The van der Waals surface area contributed by atoms with E-state index in [1.54, 1.807) is 6.92 Å². The number of rotatable bonds is 11. The Bertz CT molecular complexity index is 1020. The third-order valence-electron chi connectivity index (χ3n) is 5.83. The van der Waals surface area contributed by atoms with Crippen molar-refractivity contribution < 1.29 is 19.1 Å². The second-order valence-electron chi connectivity index (χ2n) is 8.44. The van der Waals surface area contributed by atoms with E-state index in [1.165, 1.54) is 12.7 Å². The number of hydrogen-bond donors (Lipinski definition) is 3. The van der Waals surface area contributed by atoms with Gasteiger partial charge in [-0.15, -0.1) is 0 Å². The van der Waals surface area contributed by atoms with Crippen molar-refractivity contribution in [2.75, 3.05) is 13.7 Å². The van der Waals surface area contributed by atoms with Crippen molar-refractivity contribution in [1.29, 1.82) is 0 Å². The van der Waals surface area contributed by atoms with Gasteiger partial charge in [0.1, 0.15) is 12.1 Å². The van der Waals surface area contributed by atoms with Gasteiger partial charge in [0.25, 0.3) is 0 Å². The van der Waals surface area contributed by atoms with Crippen LogP contribution in [0.4, 0.5) is 0 Å². The zero-order valence-electron chi connectivity index (χ0n) is 19.8. The molecule has 0 saturated heterocycles. The fraction of sp³-hybridized carbons (Fsp3) is 0.370. The minimum absolute atomic E-state index is 0.0136. The molecular formula is C27H33N3O4. The molecule has 7 nitrogen and oxygen atoms in total. The summed E-state index contributed by atoms with van der Waals surface area (Å²) in [6.45, 7) is 2.01. The molecular weight excluding hydrogens is 430 g/mol. The molecule has 3 amide bonds. The highest BCUT2D eigenvalue weighted by atomic mass is 16.5. The van der Waals surface area contributed by atoms with E-state index in [9.17, 15) is 14.4 Å². The molecule has 3 N–H and O–H groups in total. The van der Waals surface area contributed by atoms with Crippen molar-refractivity contribution in [3.8, 4) is 0 Å². The van der Waals surface area contributed by atoms with Gasteiger partial charge >= 0.3 is 0 Å². The number of fused-ring (bicyclic) bond motifs is 1. The number of nitrogens with one attached hydrogen (secondary N) is 3. The van der Waals surface area contributed by atoms with E-state index in [2.05, 4.69) is 34.2 Å². The number of hydrogen-bond acceptors (Lipinski definition) is 4. The Morgan fingerprint density at radius 3 is 2.56 bits per heavy atom. The summed E-state index contributed by atoms with van der Waals surface area (Å²) in [6, 6.07) is 14.1. The van der Waals surface area contributed by atoms with Crippen molar-refractivity contribution in [2.45, 2.75) is 51.2 Å². The predicted molar refractivity (Wildman–Crippen MR) is 132 cm³/mol. The highest BCUT2D eigenvalue weighted by Crippen LogP contribution is 2.22. The molecule has 0 aliphatic heterocycles. The zero-order chi connectivity index (χ0) is 24.3. The summed E-state index contributed by atoms with van der Waals surface area (Å²) in [5.41, 5.74) is 4.53. The Balaban J connectivity index is 1.49. The van der Waals surface area contributed by atoms with E-state index in [0.717, 1.165) is 29.5 Å². The quantitative estimate of drug-likeness (QED) is 0.477. The fourth-order valence-corrected chi connectivity index (χ4v) is 3.93. The molecule has 0 heterocycles. The predicted octanol–water partition coefficient (Wildman–Crippen LogP) is 2.53. The summed E-state index contributed by atoms with van der Waals surface area (Å²) in [5, 5.41) is 8.29. The van der Waals surface area contributed by atoms with E-state index >= 15 is 0 Å². The van der Waals surface area contributed by atoms with Crippen LogP contribution in [0.3, 0.4) is 0 Å². The lowest BCUT2D eigenvalue weighted by atomic mass is 9.93. The first-order valence-corrected chi connectivity index (χ1v) is 11.7. The van der Waals surface area contributed by atoms with Crippen LogP contribution >= 0.6 is 0 Å². The number of amides is 3. The van der Waals surface area contributed by atoms with Crippen molar-refractivity contribution in [3.63, 3.8) is 0 Å². The minimum atomic E-state index is -0.880. The second-order valence-corrected chi connectivity index (χ2v) is 8.44. The van der Waals surface area contributed by atoms with Crippen LogP contribution in [0.2, 0.25) is 0 Å². The molecule has 7 heteroatoms. The maximum Gasteiger partial charge on any atom is 0.245 e. The summed E-state index contributed by atoms with van der Waals surface area (Å²) >= 11 is 0. The maximum atomic E-state index is 12.7. The van der Waals surface area contributed by atoms with Gasteiger partial charge in [-0.05, 0) is 48.4 Å². The van der Waals surface area contributed by atoms with Crippen LogP contribution in [-0.2, 0) is 38.5 Å². The number of aryl methyl sites for hydroxylation is 2. The highest BCUT2D eigenvalue weighted by molar-refractivity contribution is 5.92. The van der Waals surface area contributed by atoms with Gasteiger partial charge in [0.2, 0.25) is 17.7 Å². The summed E-state index contributed by atoms with van der Waals surface area (Å²) in [4.78, 5) is 37.7. The van der Waals surface area contributed by atoms with Crippen LogP contribution in [0.5, 0.6) is 0 Å². The smallest absolute Gasteiger partial charge is 0.245 e. The van der Waals surface area contributed by atoms with E-state index in [0.29, 0.717) is 13.0 Å². The summed E-state index contributed by atoms with van der Waals surface area (Å²) < 4.78 is 5.11. The standard InChI is InChI=1S/C27H33N3O4/c1-19(26(32)28-17-22-13-8-12-21-11-6-7-14-23(21)22)29-27(33)24(18-34-2)30-25(31)16-15-20-9-4-3-5-10-20/h3-5,7-10,12-14,19,24H,6,11,15-18H2,1-2H3,(H,28,32)(H,29,33)(H,30,31)/t19-,24?/m0/s1. The fourth-order valence-electron chi connectivity index (χ4n) is 3.93. The van der Waals surface area contributed by atoms with Crippen molar-refractivity contribution in [2.24, 2.45) is 0 Å². The molecule has 0 radical (unpaired) electrons. The van der Waals surface area contributed by atoms with Crippen LogP contribution in [0.15, 0.2) is 54.6 Å². The van der Waals surface area contributed by atoms with Crippen LogP contribution in [-0.4, -0.2) is 43.5 Å². The molecule has 1 aliphatic rings. The van der Waals surface area contributed by atoms with Gasteiger partial charge in [0, 0.05) is 20.1 Å². The van der Waals surface area contributed by atoms with Gasteiger partial charge in [-0.25, -0.2) is 0 Å². The van der Waals surface area contributed by atoms with Crippen LogP contribution in [0, 0.1) is 0 Å². The Kier molecular flexibility index (Phi) is 9.40. The lowest BCUT2D eigenvalue weighted by molar-refractivity contribution is -0.133. The first-order valence-electron chi connectivity index (χ1n) is 11.7. The molecule has 0 spiro atoms. The number of methoxy groups -OCH3 is 1. The molecule has 0 saturated carbocycles. The van der Waals surface area contributed by atoms with E-state index < -0.39 is 18.0 Å². The molecule has 180 valence electrons. The van der Waals surface area contributed by atoms with E-state index in [-0.39, 0.29) is 24.8 Å². The molecule has 3 rings (SSSR count). The second kappa shape index (κ2) is 12.7. The van der Waals surface area contributed by atoms with Crippen molar-refractivity contribution in [3.05, 3.63) is 76.9 Å². The summed E-state index contributed by atoms with van der Waals surface area (Å²) in [6.07, 6.45) is 7.09. The Labute approximate surface area is 201 Å². The molecule has 1 aliphatic carbocycles. The van der Waals surface area contributed by atoms with Gasteiger partial charge in [0.05, 0.1) is 6.61 Å². The Morgan fingerprint density at radius 2 is 1.79 bits per heavy atom. The first kappa shape index (κ1) is 25.2. The van der Waals surface area contributed by atoms with Gasteiger partial charge < -0.3 is 20.7 Å². The Hall–Kier alpha value is -3.45. The average molecular weight is 464 g/mol. The van der Waals surface area contributed by atoms with Gasteiger partial charge in [-0.1, -0.05) is 60.7 Å². The summed E-state index contributed by atoms with van der Waals surface area (Å²) in [5.74, 6) is -1.00. The van der Waals surface area contributed by atoms with Crippen LogP contribution in [0.1, 0.15) is 42.0 Å². The SMILES string of the molecule is COCC(NC(=O)CCc1ccccc1)C(=O)N[C@@H](C)C(=O)NCc1cccc2c1C=CCC2. The first-order chi connectivity index (χ1) is 16.5. The molecule has 2 atom stereocenters. The molecule has 0 aromatic heterocycles.